The molecule has 0 radical (unpaired) electrons. The third-order valence-electron chi connectivity index (χ3n) is 5.16. The lowest BCUT2D eigenvalue weighted by Crippen LogP contribution is -2.32. The lowest BCUT2D eigenvalue weighted by atomic mass is 10.0. The number of halogens is 1. The molecule has 8 heteroatoms. The zero-order valence-electron chi connectivity index (χ0n) is 18.2. The minimum Gasteiger partial charge on any atom is -0.497 e. The summed E-state index contributed by atoms with van der Waals surface area (Å²) in [5.74, 6) is -0.232. The van der Waals surface area contributed by atoms with Gasteiger partial charge in [-0.05, 0) is 29.8 Å². The first-order valence-corrected chi connectivity index (χ1v) is 9.99. The Labute approximate surface area is 190 Å². The van der Waals surface area contributed by atoms with E-state index >= 15 is 0 Å². The Morgan fingerprint density at radius 3 is 2.03 bits per heavy atom. The van der Waals surface area contributed by atoms with Crippen molar-refractivity contribution in [1.29, 1.82) is 0 Å². The largest absolute Gasteiger partial charge is 0.497 e. The number of methoxy groups -OCH3 is 3. The molecule has 1 aliphatic rings. The maximum atomic E-state index is 13.6. The maximum Gasteiger partial charge on any atom is 0.282 e. The maximum absolute atomic E-state index is 13.6. The molecule has 2 amide bonds. The van der Waals surface area contributed by atoms with E-state index in [0.29, 0.717) is 34.2 Å². The first-order chi connectivity index (χ1) is 16.0. The highest BCUT2D eigenvalue weighted by atomic mass is 19.1. The Morgan fingerprint density at radius 1 is 0.788 bits per heavy atom. The third-order valence-corrected chi connectivity index (χ3v) is 5.16. The van der Waals surface area contributed by atoms with Crippen LogP contribution in [-0.2, 0) is 9.59 Å². The summed E-state index contributed by atoms with van der Waals surface area (Å²) in [7, 11) is 4.48. The summed E-state index contributed by atoms with van der Waals surface area (Å²) in [4.78, 5) is 28.1. The average molecular weight is 448 g/mol. The van der Waals surface area contributed by atoms with Gasteiger partial charge in [0.15, 0.2) is 0 Å². The van der Waals surface area contributed by atoms with Crippen molar-refractivity contribution in [3.8, 4) is 17.2 Å². The predicted molar refractivity (Wildman–Crippen MR) is 122 cm³/mol. The molecule has 0 atom stereocenters. The number of hydrogen-bond donors (Lipinski definition) is 1. The summed E-state index contributed by atoms with van der Waals surface area (Å²) < 4.78 is 29.5. The van der Waals surface area contributed by atoms with E-state index in [2.05, 4.69) is 5.32 Å². The van der Waals surface area contributed by atoms with Crippen LogP contribution in [0.25, 0.3) is 5.57 Å². The topological polar surface area (TPSA) is 77.1 Å². The fourth-order valence-corrected chi connectivity index (χ4v) is 3.59. The number of nitrogens with one attached hydrogen (secondary N) is 1. The second-order valence-corrected chi connectivity index (χ2v) is 7.10. The third kappa shape index (κ3) is 4.10. The first-order valence-electron chi connectivity index (χ1n) is 9.99. The molecule has 0 saturated carbocycles. The second kappa shape index (κ2) is 9.04. The molecule has 1 N–H and O–H groups in total. The van der Waals surface area contributed by atoms with Gasteiger partial charge >= 0.3 is 0 Å². The Morgan fingerprint density at radius 2 is 1.42 bits per heavy atom. The van der Waals surface area contributed by atoms with Gasteiger partial charge in [-0.25, -0.2) is 9.29 Å². The van der Waals surface area contributed by atoms with Crippen molar-refractivity contribution in [3.05, 3.63) is 83.8 Å². The van der Waals surface area contributed by atoms with E-state index in [-0.39, 0.29) is 11.3 Å². The van der Waals surface area contributed by atoms with Crippen molar-refractivity contribution < 1.29 is 28.2 Å². The van der Waals surface area contributed by atoms with Gasteiger partial charge in [-0.2, -0.15) is 0 Å². The molecule has 3 aromatic carbocycles. The molecule has 0 unspecified atom stereocenters. The summed E-state index contributed by atoms with van der Waals surface area (Å²) in [5, 5.41) is 3.04. The number of anilines is 2. The van der Waals surface area contributed by atoms with Crippen LogP contribution in [0.5, 0.6) is 17.2 Å². The number of ether oxygens (including phenoxy) is 3. The molecule has 0 bridgehead atoms. The van der Waals surface area contributed by atoms with Crippen molar-refractivity contribution >= 4 is 28.8 Å². The first kappa shape index (κ1) is 21.9. The fraction of sp³-hybridized carbons (Fsp3) is 0.120. The number of para-hydroxylation sites is 2. The van der Waals surface area contributed by atoms with Crippen LogP contribution in [-0.4, -0.2) is 33.1 Å². The van der Waals surface area contributed by atoms with Gasteiger partial charge in [0, 0.05) is 23.9 Å². The fourth-order valence-electron chi connectivity index (χ4n) is 3.59. The molecule has 0 aliphatic carbocycles. The highest BCUT2D eigenvalue weighted by molar-refractivity contribution is 6.46. The van der Waals surface area contributed by atoms with E-state index in [4.69, 9.17) is 14.2 Å². The van der Waals surface area contributed by atoms with Gasteiger partial charge < -0.3 is 19.5 Å². The molecule has 0 spiro atoms. The predicted octanol–water partition coefficient (Wildman–Crippen LogP) is 4.25. The molecule has 7 nitrogen and oxygen atoms in total. The van der Waals surface area contributed by atoms with E-state index < -0.39 is 17.6 Å². The Kier molecular flexibility index (Phi) is 5.99. The minimum atomic E-state index is -0.578. The van der Waals surface area contributed by atoms with Gasteiger partial charge in [-0.1, -0.05) is 24.3 Å². The molecule has 1 aliphatic heterocycles. The zero-order chi connectivity index (χ0) is 23.5. The van der Waals surface area contributed by atoms with Crippen LogP contribution in [0.2, 0.25) is 0 Å². The summed E-state index contributed by atoms with van der Waals surface area (Å²) in [6.07, 6.45) is 0. The van der Waals surface area contributed by atoms with Crippen molar-refractivity contribution in [2.45, 2.75) is 0 Å². The average Bonchev–Trinajstić information content (AvgIpc) is 3.08. The Hall–Kier alpha value is -4.33. The standard InChI is InChI=1S/C25H21FN2O5/c1-31-18-12-17(13-19(14-18)32-2)27-23-22(15-8-10-16(26)11-9-15)24(29)28(25(23)30)20-6-4-5-7-21(20)33-3/h4-14,27H,1-3H3. The Bertz CT molecular complexity index is 1230. The van der Waals surface area contributed by atoms with Crippen molar-refractivity contribution in [2.24, 2.45) is 0 Å². The van der Waals surface area contributed by atoms with Gasteiger partial charge in [0.05, 0.1) is 32.6 Å². The highest BCUT2D eigenvalue weighted by Gasteiger charge is 2.41. The van der Waals surface area contributed by atoms with Gasteiger partial charge in [-0.3, -0.25) is 9.59 Å². The Balaban J connectivity index is 1.85. The minimum absolute atomic E-state index is 0.0350. The number of carbonyl (C=O) groups is 2. The molecule has 1 heterocycles. The number of rotatable bonds is 7. The van der Waals surface area contributed by atoms with E-state index in [0.717, 1.165) is 4.90 Å². The zero-order valence-corrected chi connectivity index (χ0v) is 18.2. The molecular formula is C25H21FN2O5. The molecule has 0 aromatic heterocycles. The molecule has 0 saturated heterocycles. The molecular weight excluding hydrogens is 427 g/mol. The van der Waals surface area contributed by atoms with Crippen molar-refractivity contribution in [2.75, 3.05) is 31.5 Å². The van der Waals surface area contributed by atoms with E-state index in [1.807, 2.05) is 0 Å². The van der Waals surface area contributed by atoms with Crippen LogP contribution in [0.1, 0.15) is 5.56 Å². The smallest absolute Gasteiger partial charge is 0.282 e. The number of benzene rings is 3. The molecule has 0 fully saturated rings. The second-order valence-electron chi connectivity index (χ2n) is 7.10. The van der Waals surface area contributed by atoms with Gasteiger partial charge in [0.25, 0.3) is 11.8 Å². The van der Waals surface area contributed by atoms with Crippen LogP contribution in [0.15, 0.2) is 72.4 Å². The number of carbonyl (C=O) groups excluding carboxylic acids is 2. The van der Waals surface area contributed by atoms with E-state index in [9.17, 15) is 14.0 Å². The van der Waals surface area contributed by atoms with E-state index in [1.54, 1.807) is 42.5 Å². The lowest BCUT2D eigenvalue weighted by molar-refractivity contribution is -0.120. The normalized spacial score (nSPS) is 13.4. The summed E-state index contributed by atoms with van der Waals surface area (Å²) in [6, 6.07) is 17.1. The highest BCUT2D eigenvalue weighted by Crippen LogP contribution is 2.38. The summed E-state index contributed by atoms with van der Waals surface area (Å²) in [6.45, 7) is 0. The number of hydrogen-bond acceptors (Lipinski definition) is 6. The summed E-state index contributed by atoms with van der Waals surface area (Å²) in [5.41, 5.74) is 1.31. The molecule has 4 rings (SSSR count). The van der Waals surface area contributed by atoms with E-state index in [1.165, 1.54) is 45.6 Å². The van der Waals surface area contributed by atoms with Gasteiger partial charge in [0.1, 0.15) is 28.8 Å². The van der Waals surface area contributed by atoms with Crippen LogP contribution >= 0.6 is 0 Å². The quantitative estimate of drug-likeness (QED) is 0.545. The number of nitrogens with zero attached hydrogens (tertiary/aromatic N) is 1. The van der Waals surface area contributed by atoms with Crippen LogP contribution in [0, 0.1) is 5.82 Å². The van der Waals surface area contributed by atoms with Crippen LogP contribution in [0.3, 0.4) is 0 Å². The van der Waals surface area contributed by atoms with Crippen molar-refractivity contribution in [3.63, 3.8) is 0 Å². The molecule has 3 aromatic rings. The van der Waals surface area contributed by atoms with Gasteiger partial charge in [0.2, 0.25) is 0 Å². The lowest BCUT2D eigenvalue weighted by Gasteiger charge is -2.18. The van der Waals surface area contributed by atoms with Crippen molar-refractivity contribution in [1.82, 2.24) is 0 Å². The monoisotopic (exact) mass is 448 g/mol. The van der Waals surface area contributed by atoms with Crippen LogP contribution < -0.4 is 24.4 Å². The number of amides is 2. The van der Waals surface area contributed by atoms with Gasteiger partial charge in [-0.15, -0.1) is 0 Å². The van der Waals surface area contributed by atoms with Crippen LogP contribution in [0.4, 0.5) is 15.8 Å². The molecule has 33 heavy (non-hydrogen) atoms. The molecule has 168 valence electrons. The SMILES string of the molecule is COc1cc(NC2=C(c3ccc(F)cc3)C(=O)N(c3ccccc3OC)C2=O)cc(OC)c1. The summed E-state index contributed by atoms with van der Waals surface area (Å²) >= 11 is 0. The number of imide groups is 1.